The van der Waals surface area contributed by atoms with Gasteiger partial charge >= 0.3 is 0 Å². The summed E-state index contributed by atoms with van der Waals surface area (Å²) in [7, 11) is 1.89. The molecule has 3 aromatic rings. The van der Waals surface area contributed by atoms with Gasteiger partial charge in [-0.25, -0.2) is 9.97 Å². The monoisotopic (exact) mass is 328 g/mol. The van der Waals surface area contributed by atoms with Crippen molar-refractivity contribution < 1.29 is 0 Å². The Balaban J connectivity index is 1.51. The molecule has 0 aromatic carbocycles. The van der Waals surface area contributed by atoms with Crippen LogP contribution in [-0.4, -0.2) is 29.6 Å². The van der Waals surface area contributed by atoms with Crippen molar-refractivity contribution in [2.24, 2.45) is 7.05 Å². The fourth-order valence-electron chi connectivity index (χ4n) is 2.84. The molecule has 23 heavy (non-hydrogen) atoms. The number of hydrogen-bond acceptors (Lipinski definition) is 6. The average molecular weight is 328 g/mol. The van der Waals surface area contributed by atoms with Crippen molar-refractivity contribution in [1.82, 2.24) is 29.6 Å². The minimum atomic E-state index is -0.0238. The zero-order valence-corrected chi connectivity index (χ0v) is 13.7. The minimum absolute atomic E-state index is 0.0238. The SMILES string of the molecule is Cc1nc2c(c(=O)[nH]1)CN(Cc1csc(-c3cnn(C)c3)n1)C2. The van der Waals surface area contributed by atoms with Gasteiger partial charge in [-0.15, -0.1) is 11.3 Å². The molecule has 7 nitrogen and oxygen atoms in total. The van der Waals surface area contributed by atoms with E-state index in [2.05, 4.69) is 30.3 Å². The van der Waals surface area contributed by atoms with Crippen molar-refractivity contribution >= 4 is 11.3 Å². The van der Waals surface area contributed by atoms with Gasteiger partial charge in [0.1, 0.15) is 10.8 Å². The highest BCUT2D eigenvalue weighted by molar-refractivity contribution is 7.13. The van der Waals surface area contributed by atoms with Crippen LogP contribution >= 0.6 is 11.3 Å². The molecule has 8 heteroatoms. The Labute approximate surface area is 136 Å². The van der Waals surface area contributed by atoms with Crippen LogP contribution in [0.5, 0.6) is 0 Å². The van der Waals surface area contributed by atoms with E-state index in [4.69, 9.17) is 0 Å². The number of thiazole rings is 1. The maximum Gasteiger partial charge on any atom is 0.255 e. The first kappa shape index (κ1) is 14.3. The lowest BCUT2D eigenvalue weighted by molar-refractivity contribution is 0.271. The lowest BCUT2D eigenvalue weighted by Gasteiger charge is -2.11. The van der Waals surface area contributed by atoms with Crippen LogP contribution in [0.25, 0.3) is 10.6 Å². The van der Waals surface area contributed by atoms with Gasteiger partial charge in [0.25, 0.3) is 5.56 Å². The molecule has 0 spiro atoms. The van der Waals surface area contributed by atoms with E-state index >= 15 is 0 Å². The standard InChI is InChI=1S/C15H16N6OS/c1-9-17-13-7-21(6-12(13)14(22)18-9)5-11-8-23-15(19-11)10-3-16-20(2)4-10/h3-4,8H,5-7H2,1-2H3,(H,17,18,22). The predicted molar refractivity (Wildman–Crippen MR) is 86.9 cm³/mol. The topological polar surface area (TPSA) is 79.7 Å². The predicted octanol–water partition coefficient (Wildman–Crippen LogP) is 1.45. The van der Waals surface area contributed by atoms with Gasteiger partial charge in [-0.05, 0) is 6.92 Å². The summed E-state index contributed by atoms with van der Waals surface area (Å²) in [5, 5.41) is 7.21. The number of rotatable bonds is 3. The summed E-state index contributed by atoms with van der Waals surface area (Å²) in [4.78, 5) is 26.0. The Bertz CT molecular complexity index is 924. The van der Waals surface area contributed by atoms with E-state index in [1.807, 2.05) is 26.4 Å². The molecule has 0 saturated heterocycles. The molecular weight excluding hydrogens is 312 g/mol. The fraction of sp³-hybridized carbons (Fsp3) is 0.333. The highest BCUT2D eigenvalue weighted by atomic mass is 32.1. The Morgan fingerprint density at radius 2 is 2.22 bits per heavy atom. The number of hydrogen-bond donors (Lipinski definition) is 1. The molecule has 0 radical (unpaired) electrons. The van der Waals surface area contributed by atoms with Crippen LogP contribution in [0.4, 0.5) is 0 Å². The van der Waals surface area contributed by atoms with E-state index in [9.17, 15) is 4.79 Å². The van der Waals surface area contributed by atoms with Gasteiger partial charge in [0.15, 0.2) is 0 Å². The Kier molecular flexibility index (Phi) is 3.35. The third-order valence-electron chi connectivity index (χ3n) is 3.86. The van der Waals surface area contributed by atoms with Gasteiger partial charge in [0, 0.05) is 43.8 Å². The maximum absolute atomic E-state index is 12.0. The van der Waals surface area contributed by atoms with Crippen molar-refractivity contribution in [3.8, 4) is 10.6 Å². The molecule has 0 bridgehead atoms. The molecule has 1 aliphatic rings. The molecule has 1 aliphatic heterocycles. The lowest BCUT2D eigenvalue weighted by atomic mass is 10.3. The Morgan fingerprint density at radius 3 is 3.00 bits per heavy atom. The van der Waals surface area contributed by atoms with E-state index < -0.39 is 0 Å². The molecule has 3 aromatic heterocycles. The zero-order valence-electron chi connectivity index (χ0n) is 12.9. The molecule has 1 N–H and O–H groups in total. The molecule has 0 saturated carbocycles. The number of nitrogens with one attached hydrogen (secondary N) is 1. The molecule has 118 valence electrons. The number of aromatic nitrogens is 5. The molecule has 0 aliphatic carbocycles. The molecule has 0 atom stereocenters. The number of fused-ring (bicyclic) bond motifs is 1. The normalized spacial score (nSPS) is 14.3. The number of aromatic amines is 1. The molecule has 0 unspecified atom stereocenters. The molecule has 4 rings (SSSR count). The summed E-state index contributed by atoms with van der Waals surface area (Å²) < 4.78 is 1.77. The van der Waals surface area contributed by atoms with E-state index in [1.54, 1.807) is 16.0 Å². The first-order chi connectivity index (χ1) is 11.1. The fourth-order valence-corrected chi connectivity index (χ4v) is 3.62. The number of H-pyrrole nitrogens is 1. The van der Waals surface area contributed by atoms with Crippen LogP contribution in [0.3, 0.4) is 0 Å². The summed E-state index contributed by atoms with van der Waals surface area (Å²) in [6.45, 7) is 3.84. The van der Waals surface area contributed by atoms with E-state index in [1.165, 1.54) is 0 Å². The Morgan fingerprint density at radius 1 is 1.35 bits per heavy atom. The van der Waals surface area contributed by atoms with Gasteiger partial charge in [0.05, 0.1) is 23.1 Å². The molecule has 0 amide bonds. The smallest absolute Gasteiger partial charge is 0.255 e. The highest BCUT2D eigenvalue weighted by Gasteiger charge is 2.24. The first-order valence-corrected chi connectivity index (χ1v) is 8.21. The summed E-state index contributed by atoms with van der Waals surface area (Å²) in [6, 6.07) is 0. The van der Waals surface area contributed by atoms with Gasteiger partial charge in [-0.2, -0.15) is 5.10 Å². The third-order valence-corrected chi connectivity index (χ3v) is 4.80. The lowest BCUT2D eigenvalue weighted by Crippen LogP contribution is -2.18. The summed E-state index contributed by atoms with van der Waals surface area (Å²) in [5.41, 5.74) is 3.67. The van der Waals surface area contributed by atoms with Crippen LogP contribution in [-0.2, 0) is 26.7 Å². The van der Waals surface area contributed by atoms with Gasteiger partial charge in [0.2, 0.25) is 0 Å². The average Bonchev–Trinajstić information content (AvgIpc) is 3.18. The molecular formula is C15H16N6OS. The van der Waals surface area contributed by atoms with E-state index in [0.29, 0.717) is 25.5 Å². The highest BCUT2D eigenvalue weighted by Crippen LogP contribution is 2.25. The van der Waals surface area contributed by atoms with Crippen LogP contribution in [0.2, 0.25) is 0 Å². The quantitative estimate of drug-likeness (QED) is 0.787. The molecule has 4 heterocycles. The van der Waals surface area contributed by atoms with Gasteiger partial charge < -0.3 is 4.98 Å². The zero-order chi connectivity index (χ0) is 16.0. The first-order valence-electron chi connectivity index (χ1n) is 7.33. The van der Waals surface area contributed by atoms with Crippen molar-refractivity contribution in [2.45, 2.75) is 26.6 Å². The van der Waals surface area contributed by atoms with Crippen LogP contribution in [0.15, 0.2) is 22.6 Å². The summed E-state index contributed by atoms with van der Waals surface area (Å²) in [6.07, 6.45) is 3.78. The van der Waals surface area contributed by atoms with Crippen molar-refractivity contribution in [3.05, 3.63) is 50.9 Å². The van der Waals surface area contributed by atoms with E-state index in [-0.39, 0.29) is 5.56 Å². The largest absolute Gasteiger partial charge is 0.310 e. The number of aryl methyl sites for hydroxylation is 2. The van der Waals surface area contributed by atoms with E-state index in [0.717, 1.165) is 27.5 Å². The number of nitrogens with zero attached hydrogens (tertiary/aromatic N) is 5. The second-order valence-corrected chi connectivity index (χ2v) is 6.63. The molecule has 0 fully saturated rings. The summed E-state index contributed by atoms with van der Waals surface area (Å²) in [5.74, 6) is 0.670. The van der Waals surface area contributed by atoms with Crippen LogP contribution < -0.4 is 5.56 Å². The summed E-state index contributed by atoms with van der Waals surface area (Å²) >= 11 is 1.61. The van der Waals surface area contributed by atoms with Gasteiger partial charge in [-0.1, -0.05) is 0 Å². The van der Waals surface area contributed by atoms with Crippen molar-refractivity contribution in [2.75, 3.05) is 0 Å². The van der Waals surface area contributed by atoms with Crippen LogP contribution in [0, 0.1) is 6.92 Å². The third kappa shape index (κ3) is 2.71. The second-order valence-electron chi connectivity index (χ2n) is 5.77. The minimum Gasteiger partial charge on any atom is -0.310 e. The van der Waals surface area contributed by atoms with Crippen LogP contribution in [0.1, 0.15) is 22.8 Å². The Hall–Kier alpha value is -2.32. The van der Waals surface area contributed by atoms with Gasteiger partial charge in [-0.3, -0.25) is 14.4 Å². The van der Waals surface area contributed by atoms with Crippen molar-refractivity contribution in [1.29, 1.82) is 0 Å². The maximum atomic E-state index is 12.0. The second kappa shape index (κ2) is 5.39. The van der Waals surface area contributed by atoms with Crippen molar-refractivity contribution in [3.63, 3.8) is 0 Å².